The molecule has 31 heavy (non-hydrogen) atoms. The third-order valence-electron chi connectivity index (χ3n) is 10.9. The van der Waals surface area contributed by atoms with Gasteiger partial charge in [-0.2, -0.15) is 0 Å². The number of fused-ring (bicyclic) bond motifs is 5. The van der Waals surface area contributed by atoms with Crippen molar-refractivity contribution in [3.63, 3.8) is 0 Å². The summed E-state index contributed by atoms with van der Waals surface area (Å²) < 4.78 is 0. The van der Waals surface area contributed by atoms with Gasteiger partial charge in [0, 0.05) is 0 Å². The summed E-state index contributed by atoms with van der Waals surface area (Å²) in [6, 6.07) is 0. The Balaban J connectivity index is 1.43. The maximum absolute atomic E-state index is 11.6. The Morgan fingerprint density at radius 3 is 2.48 bits per heavy atom. The first-order valence-electron chi connectivity index (χ1n) is 13.8. The zero-order valence-electron chi connectivity index (χ0n) is 21.0. The number of aliphatic hydroxyl groups excluding tert-OH is 1. The minimum atomic E-state index is -0.504. The second kappa shape index (κ2) is 9.13. The molecule has 0 spiro atoms. The van der Waals surface area contributed by atoms with Gasteiger partial charge >= 0.3 is 0 Å². The van der Waals surface area contributed by atoms with Crippen LogP contribution in [0.25, 0.3) is 0 Å². The minimum Gasteiger partial charge on any atom is -0.393 e. The largest absolute Gasteiger partial charge is 0.393 e. The quantitative estimate of drug-likeness (QED) is 0.310. The molecule has 4 aliphatic rings. The molecule has 0 saturated heterocycles. The monoisotopic (exact) mass is 430 g/mol. The molecule has 3 saturated carbocycles. The predicted octanol–water partition coefficient (Wildman–Crippen LogP) is 7.43. The maximum atomic E-state index is 11.6. The molecular weight excluding hydrogens is 380 g/mol. The molecule has 8 atom stereocenters. The van der Waals surface area contributed by atoms with Crippen molar-refractivity contribution in [2.45, 2.75) is 136 Å². The van der Waals surface area contributed by atoms with Crippen molar-refractivity contribution < 1.29 is 10.2 Å². The van der Waals surface area contributed by atoms with E-state index in [-0.39, 0.29) is 6.10 Å². The fourth-order valence-corrected chi connectivity index (χ4v) is 9.10. The van der Waals surface area contributed by atoms with Gasteiger partial charge in [0.1, 0.15) is 0 Å². The van der Waals surface area contributed by atoms with Crippen LogP contribution >= 0.6 is 0 Å². The van der Waals surface area contributed by atoms with Gasteiger partial charge in [0.15, 0.2) is 0 Å². The van der Waals surface area contributed by atoms with Crippen LogP contribution in [-0.4, -0.2) is 21.9 Å². The van der Waals surface area contributed by atoms with E-state index in [2.05, 4.69) is 33.8 Å². The van der Waals surface area contributed by atoms with Crippen LogP contribution in [0.5, 0.6) is 0 Å². The average molecular weight is 431 g/mol. The van der Waals surface area contributed by atoms with Crippen LogP contribution in [0.15, 0.2) is 11.6 Å². The summed E-state index contributed by atoms with van der Waals surface area (Å²) in [5, 5.41) is 21.9. The van der Waals surface area contributed by atoms with E-state index >= 15 is 0 Å². The molecule has 0 aromatic carbocycles. The summed E-state index contributed by atoms with van der Waals surface area (Å²) in [6.45, 7) is 9.52. The molecule has 4 rings (SSSR count). The molecule has 3 fully saturated rings. The Kier molecular flexibility index (Phi) is 7.01. The first kappa shape index (κ1) is 23.8. The lowest BCUT2D eigenvalue weighted by Crippen LogP contribution is -2.53. The Morgan fingerprint density at radius 2 is 1.71 bits per heavy atom. The van der Waals surface area contributed by atoms with E-state index in [4.69, 9.17) is 0 Å². The fourth-order valence-electron chi connectivity index (χ4n) is 9.10. The summed E-state index contributed by atoms with van der Waals surface area (Å²) in [6.07, 6.45) is 20.7. The number of aliphatic hydroxyl groups is 2. The summed E-state index contributed by atoms with van der Waals surface area (Å²) in [7, 11) is 0. The third-order valence-corrected chi connectivity index (χ3v) is 10.9. The first-order chi connectivity index (χ1) is 14.7. The van der Waals surface area contributed by atoms with Gasteiger partial charge in [0.25, 0.3) is 0 Å². The Labute approximate surface area is 192 Å². The molecule has 0 heterocycles. The van der Waals surface area contributed by atoms with Gasteiger partial charge in [-0.25, -0.2) is 0 Å². The van der Waals surface area contributed by atoms with Crippen LogP contribution in [0.1, 0.15) is 124 Å². The zero-order valence-corrected chi connectivity index (χ0v) is 21.0. The number of unbranched alkanes of at least 4 members (excludes halogenated alkanes) is 5. The van der Waals surface area contributed by atoms with Crippen molar-refractivity contribution in [3.8, 4) is 0 Å². The van der Waals surface area contributed by atoms with Gasteiger partial charge < -0.3 is 10.2 Å². The highest BCUT2D eigenvalue weighted by atomic mass is 16.3. The van der Waals surface area contributed by atoms with Gasteiger partial charge in [-0.1, -0.05) is 70.9 Å². The van der Waals surface area contributed by atoms with Crippen molar-refractivity contribution in [2.75, 3.05) is 0 Å². The van der Waals surface area contributed by atoms with E-state index in [9.17, 15) is 10.2 Å². The summed E-state index contributed by atoms with van der Waals surface area (Å²) in [5.41, 5.74) is 1.70. The second-order valence-corrected chi connectivity index (χ2v) is 12.7. The minimum absolute atomic E-state index is 0.113. The van der Waals surface area contributed by atoms with Crippen LogP contribution in [-0.2, 0) is 0 Å². The average Bonchev–Trinajstić information content (AvgIpc) is 3.09. The molecule has 0 bridgehead atoms. The van der Waals surface area contributed by atoms with Crippen molar-refractivity contribution in [2.24, 2.45) is 34.5 Å². The van der Waals surface area contributed by atoms with Gasteiger partial charge in [-0.3, -0.25) is 0 Å². The van der Waals surface area contributed by atoms with Crippen LogP contribution in [0, 0.1) is 34.5 Å². The second-order valence-electron chi connectivity index (χ2n) is 12.7. The molecule has 178 valence electrons. The van der Waals surface area contributed by atoms with Crippen LogP contribution < -0.4 is 0 Å². The lowest BCUT2D eigenvalue weighted by atomic mass is 9.46. The normalized spacial score (nSPS) is 44.1. The van der Waals surface area contributed by atoms with E-state index in [0.717, 1.165) is 37.0 Å². The number of hydrogen-bond donors (Lipinski definition) is 2. The van der Waals surface area contributed by atoms with Crippen LogP contribution in [0.2, 0.25) is 0 Å². The fraction of sp³-hybridized carbons (Fsp3) is 0.931. The van der Waals surface area contributed by atoms with Crippen molar-refractivity contribution in [3.05, 3.63) is 11.6 Å². The summed E-state index contributed by atoms with van der Waals surface area (Å²) >= 11 is 0. The molecule has 0 aromatic heterocycles. The highest BCUT2D eigenvalue weighted by molar-refractivity contribution is 5.25. The highest BCUT2D eigenvalue weighted by Gasteiger charge is 2.61. The molecule has 0 amide bonds. The van der Waals surface area contributed by atoms with E-state index in [1.165, 1.54) is 77.0 Å². The van der Waals surface area contributed by atoms with Gasteiger partial charge in [-0.15, -0.1) is 0 Å². The summed E-state index contributed by atoms with van der Waals surface area (Å²) in [4.78, 5) is 0. The van der Waals surface area contributed by atoms with Crippen molar-refractivity contribution >= 4 is 0 Å². The Bertz CT molecular complexity index is 651. The Hall–Kier alpha value is -0.340. The van der Waals surface area contributed by atoms with Crippen LogP contribution in [0.4, 0.5) is 0 Å². The lowest BCUT2D eigenvalue weighted by molar-refractivity contribution is -0.105. The molecule has 2 nitrogen and oxygen atoms in total. The molecule has 2 N–H and O–H groups in total. The number of hydrogen-bond acceptors (Lipinski definition) is 2. The SMILES string of the molecule is CCCCCCCC[C@](C)(O)[C@H]1CC[C@H]2[C@@H]3CC=C4C[C@@H](O)CC[C@]4(C)[C@H]3CC[C@@]21C. The molecule has 0 aliphatic heterocycles. The van der Waals surface area contributed by atoms with Crippen molar-refractivity contribution in [1.82, 2.24) is 0 Å². The van der Waals surface area contributed by atoms with Crippen molar-refractivity contribution in [1.29, 1.82) is 0 Å². The van der Waals surface area contributed by atoms with Crippen LogP contribution in [0.3, 0.4) is 0 Å². The highest BCUT2D eigenvalue weighted by Crippen LogP contribution is 2.67. The Morgan fingerprint density at radius 1 is 0.968 bits per heavy atom. The van der Waals surface area contributed by atoms with E-state index in [1.807, 2.05) is 0 Å². The van der Waals surface area contributed by atoms with E-state index < -0.39 is 5.60 Å². The van der Waals surface area contributed by atoms with E-state index in [0.29, 0.717) is 16.7 Å². The van der Waals surface area contributed by atoms with Gasteiger partial charge in [0.2, 0.25) is 0 Å². The maximum Gasteiger partial charge on any atom is 0.0653 e. The first-order valence-corrected chi connectivity index (χ1v) is 13.8. The van der Waals surface area contributed by atoms with Gasteiger partial charge in [0.05, 0.1) is 11.7 Å². The molecule has 0 aromatic rings. The number of rotatable bonds is 8. The molecule has 4 aliphatic carbocycles. The molecule has 0 radical (unpaired) electrons. The van der Waals surface area contributed by atoms with Gasteiger partial charge in [-0.05, 0) is 99.2 Å². The third kappa shape index (κ3) is 4.30. The molecule has 0 unspecified atom stereocenters. The molecule has 2 heteroatoms. The van der Waals surface area contributed by atoms with E-state index in [1.54, 1.807) is 5.57 Å². The summed E-state index contributed by atoms with van der Waals surface area (Å²) in [5.74, 6) is 2.82. The zero-order chi connectivity index (χ0) is 22.3. The number of allylic oxidation sites excluding steroid dienone is 1. The predicted molar refractivity (Wildman–Crippen MR) is 130 cm³/mol. The smallest absolute Gasteiger partial charge is 0.0653 e. The lowest BCUT2D eigenvalue weighted by Gasteiger charge is -2.59. The topological polar surface area (TPSA) is 40.5 Å². The standard InChI is InChI=1S/C29H50O2/c1-5-6-7-8-9-10-17-29(4,31)26-14-13-24-23-12-11-21-20-22(30)15-18-27(21,2)25(23)16-19-28(24,26)3/h11,22-26,30-31H,5-10,12-20H2,1-4H3/t22-,23-,24-,25-,26-,27-,28-,29-/m0/s1. The molecular formula is C29H50O2.